The predicted octanol–water partition coefficient (Wildman–Crippen LogP) is 2.08. The van der Waals surface area contributed by atoms with Gasteiger partial charge in [0.15, 0.2) is 0 Å². The summed E-state index contributed by atoms with van der Waals surface area (Å²) < 4.78 is 1.54. The third-order valence-electron chi connectivity index (χ3n) is 3.19. The van der Waals surface area contributed by atoms with Crippen LogP contribution in [0, 0.1) is 12.8 Å². The maximum absolute atomic E-state index is 12.2. The summed E-state index contributed by atoms with van der Waals surface area (Å²) in [6.07, 6.45) is 0. The molecule has 4 heteroatoms. The summed E-state index contributed by atoms with van der Waals surface area (Å²) in [6, 6.07) is 9.48. The molecule has 1 N–H and O–H groups in total. The van der Waals surface area contributed by atoms with E-state index in [1.54, 1.807) is 11.5 Å². The van der Waals surface area contributed by atoms with Crippen LogP contribution in [0.5, 0.6) is 0 Å². The molecule has 0 atom stereocenters. The largest absolute Gasteiger partial charge is 0.354 e. The zero-order chi connectivity index (χ0) is 14.7. The van der Waals surface area contributed by atoms with Gasteiger partial charge in [0.25, 0.3) is 5.56 Å². The van der Waals surface area contributed by atoms with E-state index in [0.29, 0.717) is 18.0 Å². The Bertz CT molecular complexity index is 686. The van der Waals surface area contributed by atoms with Crippen LogP contribution in [-0.2, 0) is 11.3 Å². The number of hydrogen-bond acceptors (Lipinski definition) is 2. The molecular weight excluding hydrogens is 252 g/mol. The molecule has 2 aromatic rings. The van der Waals surface area contributed by atoms with Gasteiger partial charge in [0.05, 0.1) is 5.52 Å². The van der Waals surface area contributed by atoms with Crippen molar-refractivity contribution in [2.24, 2.45) is 5.92 Å². The Hall–Kier alpha value is -2.10. The third-order valence-corrected chi connectivity index (χ3v) is 3.19. The Balaban J connectivity index is 2.36. The van der Waals surface area contributed by atoms with E-state index >= 15 is 0 Å². The Morgan fingerprint density at radius 3 is 2.70 bits per heavy atom. The molecule has 0 spiro atoms. The molecule has 1 heterocycles. The molecule has 0 saturated carbocycles. The number of rotatable bonds is 4. The van der Waals surface area contributed by atoms with Crippen molar-refractivity contribution in [2.45, 2.75) is 27.3 Å². The highest BCUT2D eigenvalue weighted by Gasteiger charge is 2.10. The van der Waals surface area contributed by atoms with Crippen molar-refractivity contribution in [3.63, 3.8) is 0 Å². The number of hydrogen-bond donors (Lipinski definition) is 1. The average molecular weight is 272 g/mol. The van der Waals surface area contributed by atoms with E-state index in [1.165, 1.54) is 0 Å². The third kappa shape index (κ3) is 3.07. The van der Waals surface area contributed by atoms with Gasteiger partial charge in [-0.25, -0.2) is 0 Å². The van der Waals surface area contributed by atoms with Crippen LogP contribution in [0.25, 0.3) is 10.9 Å². The van der Waals surface area contributed by atoms with Crippen molar-refractivity contribution in [1.82, 2.24) is 9.88 Å². The number of carbonyl (C=O) groups is 1. The number of para-hydroxylation sites is 1. The second-order valence-electron chi connectivity index (χ2n) is 5.48. The summed E-state index contributed by atoms with van der Waals surface area (Å²) in [7, 11) is 0. The zero-order valence-electron chi connectivity index (χ0n) is 12.1. The monoisotopic (exact) mass is 272 g/mol. The van der Waals surface area contributed by atoms with Crippen LogP contribution < -0.4 is 10.9 Å². The molecule has 1 aromatic carbocycles. The normalized spacial score (nSPS) is 11.0. The summed E-state index contributed by atoms with van der Waals surface area (Å²) in [5.74, 6) is 0.265. The van der Waals surface area contributed by atoms with Crippen LogP contribution in [0.15, 0.2) is 35.1 Å². The molecule has 0 aliphatic rings. The Kier molecular flexibility index (Phi) is 4.23. The average Bonchev–Trinajstić information content (AvgIpc) is 2.41. The predicted molar refractivity (Wildman–Crippen MR) is 80.8 cm³/mol. The van der Waals surface area contributed by atoms with Crippen LogP contribution in [-0.4, -0.2) is 17.0 Å². The first-order chi connectivity index (χ1) is 9.49. The molecule has 0 saturated heterocycles. The van der Waals surface area contributed by atoms with Crippen molar-refractivity contribution in [3.05, 3.63) is 46.2 Å². The first-order valence-corrected chi connectivity index (χ1v) is 6.85. The van der Waals surface area contributed by atoms with E-state index in [2.05, 4.69) is 5.32 Å². The number of benzene rings is 1. The lowest BCUT2D eigenvalue weighted by Crippen LogP contribution is -2.34. The minimum atomic E-state index is -0.128. The second-order valence-corrected chi connectivity index (χ2v) is 5.48. The number of aromatic nitrogens is 1. The van der Waals surface area contributed by atoms with Crippen molar-refractivity contribution in [2.75, 3.05) is 6.54 Å². The number of pyridine rings is 1. The molecule has 4 nitrogen and oxygen atoms in total. The highest BCUT2D eigenvalue weighted by atomic mass is 16.2. The molecule has 106 valence electrons. The van der Waals surface area contributed by atoms with Crippen LogP contribution in [0.4, 0.5) is 0 Å². The van der Waals surface area contributed by atoms with E-state index in [9.17, 15) is 9.59 Å². The van der Waals surface area contributed by atoms with E-state index in [1.807, 2.05) is 44.2 Å². The van der Waals surface area contributed by atoms with Gasteiger partial charge >= 0.3 is 0 Å². The minimum absolute atomic E-state index is 0.0632. The minimum Gasteiger partial charge on any atom is -0.354 e. The molecule has 0 aliphatic carbocycles. The lowest BCUT2D eigenvalue weighted by Gasteiger charge is -2.12. The number of nitrogens with one attached hydrogen (secondary N) is 1. The van der Waals surface area contributed by atoms with Gasteiger partial charge in [0, 0.05) is 12.1 Å². The fraction of sp³-hybridized carbons (Fsp3) is 0.375. The molecule has 0 bridgehead atoms. The molecule has 0 aliphatic heterocycles. The SMILES string of the molecule is Cc1cc2ccccc2n(CC(=O)NCC(C)C)c1=O. The fourth-order valence-corrected chi connectivity index (χ4v) is 2.15. The van der Waals surface area contributed by atoms with E-state index in [4.69, 9.17) is 0 Å². The van der Waals surface area contributed by atoms with E-state index < -0.39 is 0 Å². The quantitative estimate of drug-likeness (QED) is 0.926. The van der Waals surface area contributed by atoms with Gasteiger partial charge in [-0.15, -0.1) is 0 Å². The first-order valence-electron chi connectivity index (χ1n) is 6.85. The van der Waals surface area contributed by atoms with Crippen molar-refractivity contribution >= 4 is 16.8 Å². The lowest BCUT2D eigenvalue weighted by molar-refractivity contribution is -0.121. The topological polar surface area (TPSA) is 51.1 Å². The Labute approximate surface area is 118 Å². The van der Waals surface area contributed by atoms with Gasteiger partial charge < -0.3 is 5.32 Å². The maximum Gasteiger partial charge on any atom is 0.254 e. The molecule has 1 aromatic heterocycles. The fourth-order valence-electron chi connectivity index (χ4n) is 2.15. The zero-order valence-corrected chi connectivity index (χ0v) is 12.1. The summed E-state index contributed by atoms with van der Waals surface area (Å²) in [5, 5.41) is 3.82. The van der Waals surface area contributed by atoms with E-state index in [0.717, 1.165) is 10.9 Å². The Morgan fingerprint density at radius 1 is 1.30 bits per heavy atom. The molecule has 0 fully saturated rings. The number of amides is 1. The Morgan fingerprint density at radius 2 is 2.00 bits per heavy atom. The molecule has 1 amide bonds. The van der Waals surface area contributed by atoms with Gasteiger partial charge in [-0.05, 0) is 30.4 Å². The van der Waals surface area contributed by atoms with Crippen molar-refractivity contribution < 1.29 is 4.79 Å². The van der Waals surface area contributed by atoms with Crippen LogP contribution in [0.1, 0.15) is 19.4 Å². The van der Waals surface area contributed by atoms with Crippen LogP contribution in [0.2, 0.25) is 0 Å². The highest BCUT2D eigenvalue weighted by molar-refractivity contribution is 5.82. The molecule has 0 unspecified atom stereocenters. The lowest BCUT2D eigenvalue weighted by atomic mass is 10.1. The second kappa shape index (κ2) is 5.90. The molecule has 20 heavy (non-hydrogen) atoms. The number of carbonyl (C=O) groups excluding carboxylic acids is 1. The van der Waals surface area contributed by atoms with Crippen LogP contribution in [0.3, 0.4) is 0 Å². The smallest absolute Gasteiger partial charge is 0.254 e. The number of fused-ring (bicyclic) bond motifs is 1. The van der Waals surface area contributed by atoms with Crippen molar-refractivity contribution in [1.29, 1.82) is 0 Å². The first kappa shape index (κ1) is 14.3. The van der Waals surface area contributed by atoms with Gasteiger partial charge in [0.1, 0.15) is 6.54 Å². The summed E-state index contributed by atoms with van der Waals surface area (Å²) in [5.41, 5.74) is 1.34. The van der Waals surface area contributed by atoms with Gasteiger partial charge in [-0.3, -0.25) is 14.2 Å². The number of aryl methyl sites for hydroxylation is 1. The number of nitrogens with zero attached hydrogens (tertiary/aromatic N) is 1. The summed E-state index contributed by atoms with van der Waals surface area (Å²) in [6.45, 7) is 6.53. The van der Waals surface area contributed by atoms with Gasteiger partial charge in [0.2, 0.25) is 5.91 Å². The summed E-state index contributed by atoms with van der Waals surface area (Å²) in [4.78, 5) is 24.2. The van der Waals surface area contributed by atoms with Gasteiger partial charge in [-0.2, -0.15) is 0 Å². The van der Waals surface area contributed by atoms with Crippen molar-refractivity contribution in [3.8, 4) is 0 Å². The van der Waals surface area contributed by atoms with E-state index in [-0.39, 0.29) is 18.0 Å². The highest BCUT2D eigenvalue weighted by Crippen LogP contribution is 2.12. The van der Waals surface area contributed by atoms with Gasteiger partial charge in [-0.1, -0.05) is 32.0 Å². The van der Waals surface area contributed by atoms with Crippen LogP contribution >= 0.6 is 0 Å². The standard InChI is InChI=1S/C16H20N2O2/c1-11(2)9-17-15(19)10-18-14-7-5-4-6-13(14)8-12(3)16(18)20/h4-8,11H,9-10H2,1-3H3,(H,17,19). The molecule has 2 rings (SSSR count). The summed E-state index contributed by atoms with van der Waals surface area (Å²) >= 11 is 0. The maximum atomic E-state index is 12.2. The molecule has 0 radical (unpaired) electrons. The molecular formula is C16H20N2O2.